The van der Waals surface area contributed by atoms with E-state index in [1.807, 2.05) is 18.2 Å². The molecular weight excluding hydrogens is 218 g/mol. The van der Waals surface area contributed by atoms with Crippen LogP contribution in [-0.4, -0.2) is 22.2 Å². The lowest BCUT2D eigenvalue weighted by Gasteiger charge is -2.26. The summed E-state index contributed by atoms with van der Waals surface area (Å²) in [5, 5.41) is 8.88. The Hall–Kier alpha value is -1.42. The van der Waals surface area contributed by atoms with Crippen LogP contribution in [0.5, 0.6) is 0 Å². The van der Waals surface area contributed by atoms with Gasteiger partial charge in [-0.15, -0.1) is 0 Å². The number of hydrogen-bond acceptors (Lipinski definition) is 3. The van der Waals surface area contributed by atoms with Crippen molar-refractivity contribution < 1.29 is 14.6 Å². The van der Waals surface area contributed by atoms with Gasteiger partial charge in [-0.1, -0.05) is 6.07 Å². The second-order valence-corrected chi connectivity index (χ2v) is 4.44. The molecule has 0 amide bonds. The summed E-state index contributed by atoms with van der Waals surface area (Å²) in [6.07, 6.45) is 5.06. The topological polar surface area (TPSA) is 59.4 Å². The molecule has 2 rings (SSSR count). The van der Waals surface area contributed by atoms with Crippen molar-refractivity contribution in [1.29, 1.82) is 0 Å². The minimum Gasteiger partial charge on any atom is -0.481 e. The number of carboxylic acid groups (broad SMARTS) is 1. The normalized spacial score (nSPS) is 24.5. The van der Waals surface area contributed by atoms with Crippen molar-refractivity contribution in [3.63, 3.8) is 0 Å². The fourth-order valence-electron chi connectivity index (χ4n) is 2.16. The molecule has 0 bridgehead atoms. The predicted octanol–water partition coefficient (Wildman–Crippen LogP) is 2.24. The van der Waals surface area contributed by atoms with Crippen molar-refractivity contribution in [1.82, 2.24) is 4.98 Å². The number of nitrogens with zero attached hydrogens (tertiary/aromatic N) is 1. The quantitative estimate of drug-likeness (QED) is 0.869. The predicted molar refractivity (Wildman–Crippen MR) is 62.4 cm³/mol. The number of hydrogen-bond donors (Lipinski definition) is 1. The molecule has 0 saturated heterocycles. The van der Waals surface area contributed by atoms with E-state index in [1.54, 1.807) is 6.20 Å². The van der Waals surface area contributed by atoms with Crippen LogP contribution >= 0.6 is 0 Å². The molecule has 1 aromatic rings. The van der Waals surface area contributed by atoms with Gasteiger partial charge >= 0.3 is 5.97 Å². The first kappa shape index (κ1) is 12.0. The number of carboxylic acids is 1. The van der Waals surface area contributed by atoms with Crippen LogP contribution in [0.2, 0.25) is 0 Å². The Morgan fingerprint density at radius 2 is 2.12 bits per heavy atom. The van der Waals surface area contributed by atoms with Crippen LogP contribution < -0.4 is 0 Å². The van der Waals surface area contributed by atoms with Gasteiger partial charge in [-0.05, 0) is 37.8 Å². The van der Waals surface area contributed by atoms with Crippen molar-refractivity contribution in [3.05, 3.63) is 30.1 Å². The zero-order valence-electron chi connectivity index (χ0n) is 9.71. The lowest BCUT2D eigenvalue weighted by atomic mass is 9.87. The first-order valence-electron chi connectivity index (χ1n) is 6.00. The minimum atomic E-state index is -0.673. The maximum Gasteiger partial charge on any atom is 0.306 e. The van der Waals surface area contributed by atoms with Crippen LogP contribution in [0.4, 0.5) is 0 Å². The van der Waals surface area contributed by atoms with E-state index in [0.717, 1.165) is 31.4 Å². The highest BCUT2D eigenvalue weighted by atomic mass is 16.5. The van der Waals surface area contributed by atoms with Crippen LogP contribution in [0.3, 0.4) is 0 Å². The molecule has 4 nitrogen and oxygen atoms in total. The molecule has 0 atom stereocenters. The van der Waals surface area contributed by atoms with Gasteiger partial charge in [-0.25, -0.2) is 0 Å². The summed E-state index contributed by atoms with van der Waals surface area (Å²) < 4.78 is 5.74. The second kappa shape index (κ2) is 5.77. The Balaban J connectivity index is 1.74. The number of aromatic nitrogens is 1. The van der Waals surface area contributed by atoms with E-state index >= 15 is 0 Å². The fraction of sp³-hybridized carbons (Fsp3) is 0.538. The SMILES string of the molecule is O=C(O)C1CCC(OCc2ccccn2)CC1. The van der Waals surface area contributed by atoms with Gasteiger partial charge in [-0.2, -0.15) is 0 Å². The first-order valence-corrected chi connectivity index (χ1v) is 6.00. The largest absolute Gasteiger partial charge is 0.481 e. The van der Waals surface area contributed by atoms with E-state index in [-0.39, 0.29) is 12.0 Å². The van der Waals surface area contributed by atoms with Crippen LogP contribution in [0, 0.1) is 5.92 Å². The van der Waals surface area contributed by atoms with E-state index in [4.69, 9.17) is 9.84 Å². The third kappa shape index (κ3) is 3.53. The molecule has 0 aliphatic heterocycles. The first-order chi connectivity index (χ1) is 8.25. The summed E-state index contributed by atoms with van der Waals surface area (Å²) in [7, 11) is 0. The molecule has 17 heavy (non-hydrogen) atoms. The van der Waals surface area contributed by atoms with Crippen molar-refractivity contribution in [2.24, 2.45) is 5.92 Å². The average molecular weight is 235 g/mol. The highest BCUT2D eigenvalue weighted by Crippen LogP contribution is 2.26. The van der Waals surface area contributed by atoms with E-state index in [2.05, 4.69) is 4.98 Å². The molecule has 0 unspecified atom stereocenters. The van der Waals surface area contributed by atoms with Gasteiger partial charge in [0.2, 0.25) is 0 Å². The number of rotatable bonds is 4. The summed E-state index contributed by atoms with van der Waals surface area (Å²) in [6.45, 7) is 0.517. The Labute approximate surface area is 101 Å². The maximum atomic E-state index is 10.8. The van der Waals surface area contributed by atoms with Gasteiger partial charge in [0.1, 0.15) is 0 Å². The Morgan fingerprint density at radius 1 is 1.35 bits per heavy atom. The molecule has 1 saturated carbocycles. The fourth-order valence-corrected chi connectivity index (χ4v) is 2.16. The molecule has 1 aliphatic carbocycles. The Kier molecular flexibility index (Phi) is 4.09. The van der Waals surface area contributed by atoms with E-state index in [1.165, 1.54) is 0 Å². The summed E-state index contributed by atoms with van der Waals surface area (Å²) in [4.78, 5) is 15.0. The lowest BCUT2D eigenvalue weighted by molar-refractivity contribution is -0.143. The van der Waals surface area contributed by atoms with Crippen molar-refractivity contribution in [3.8, 4) is 0 Å². The number of aliphatic carboxylic acids is 1. The number of carbonyl (C=O) groups is 1. The van der Waals surface area contributed by atoms with E-state index < -0.39 is 5.97 Å². The molecule has 1 aliphatic rings. The summed E-state index contributed by atoms with van der Waals surface area (Å²) >= 11 is 0. The maximum absolute atomic E-state index is 10.8. The molecule has 1 fully saturated rings. The van der Waals surface area contributed by atoms with E-state index in [9.17, 15) is 4.79 Å². The Bertz CT molecular complexity index is 358. The summed E-state index contributed by atoms with van der Waals surface area (Å²) in [5.41, 5.74) is 0.924. The molecule has 0 spiro atoms. The highest BCUT2D eigenvalue weighted by Gasteiger charge is 2.26. The summed E-state index contributed by atoms with van der Waals surface area (Å²) in [5.74, 6) is -0.849. The molecule has 1 heterocycles. The lowest BCUT2D eigenvalue weighted by Crippen LogP contribution is -2.26. The van der Waals surface area contributed by atoms with Gasteiger partial charge in [0.05, 0.1) is 24.3 Å². The summed E-state index contributed by atoms with van der Waals surface area (Å²) in [6, 6.07) is 5.75. The highest BCUT2D eigenvalue weighted by molar-refractivity contribution is 5.70. The van der Waals surface area contributed by atoms with Crippen LogP contribution in [-0.2, 0) is 16.1 Å². The molecular formula is C13H17NO3. The molecule has 92 valence electrons. The zero-order valence-corrected chi connectivity index (χ0v) is 9.71. The van der Waals surface area contributed by atoms with E-state index in [0.29, 0.717) is 6.61 Å². The standard InChI is InChI=1S/C13H17NO3/c15-13(16)10-4-6-12(7-5-10)17-9-11-3-1-2-8-14-11/h1-3,8,10,12H,4-7,9H2,(H,15,16). The third-order valence-corrected chi connectivity index (χ3v) is 3.22. The van der Waals surface area contributed by atoms with Gasteiger partial charge in [0.25, 0.3) is 0 Å². The van der Waals surface area contributed by atoms with Crippen molar-refractivity contribution in [2.75, 3.05) is 0 Å². The molecule has 1 N–H and O–H groups in total. The second-order valence-electron chi connectivity index (χ2n) is 4.44. The van der Waals surface area contributed by atoms with Gasteiger partial charge < -0.3 is 9.84 Å². The smallest absolute Gasteiger partial charge is 0.306 e. The Morgan fingerprint density at radius 3 is 2.71 bits per heavy atom. The minimum absolute atomic E-state index is 0.176. The molecule has 1 aromatic heterocycles. The monoisotopic (exact) mass is 235 g/mol. The van der Waals surface area contributed by atoms with Crippen LogP contribution in [0.1, 0.15) is 31.4 Å². The molecule has 4 heteroatoms. The number of ether oxygens (including phenoxy) is 1. The van der Waals surface area contributed by atoms with Crippen molar-refractivity contribution in [2.45, 2.75) is 38.4 Å². The molecule has 0 aromatic carbocycles. The van der Waals surface area contributed by atoms with Crippen molar-refractivity contribution >= 4 is 5.97 Å². The molecule has 0 radical (unpaired) electrons. The van der Waals surface area contributed by atoms with Crippen LogP contribution in [0.25, 0.3) is 0 Å². The van der Waals surface area contributed by atoms with Gasteiger partial charge in [-0.3, -0.25) is 9.78 Å². The van der Waals surface area contributed by atoms with Gasteiger partial charge in [0.15, 0.2) is 0 Å². The van der Waals surface area contributed by atoms with Crippen LogP contribution in [0.15, 0.2) is 24.4 Å². The third-order valence-electron chi connectivity index (χ3n) is 3.22. The van der Waals surface area contributed by atoms with Gasteiger partial charge in [0, 0.05) is 6.20 Å². The average Bonchev–Trinajstić information content (AvgIpc) is 2.38. The number of pyridine rings is 1. The zero-order chi connectivity index (χ0) is 12.1.